The molecular formula is C18H24N2OS. The van der Waals surface area contributed by atoms with Crippen LogP contribution in [0.1, 0.15) is 30.6 Å². The third-order valence-electron chi connectivity index (χ3n) is 4.10. The van der Waals surface area contributed by atoms with E-state index in [1.54, 1.807) is 0 Å². The van der Waals surface area contributed by atoms with Crippen LogP contribution in [0.4, 0.5) is 5.69 Å². The van der Waals surface area contributed by atoms with Gasteiger partial charge in [-0.2, -0.15) is 0 Å². The molecule has 22 heavy (non-hydrogen) atoms. The summed E-state index contributed by atoms with van der Waals surface area (Å²) in [5.41, 5.74) is 7.53. The maximum absolute atomic E-state index is 6.29. The lowest BCUT2D eigenvalue weighted by Gasteiger charge is -2.37. The fourth-order valence-corrected chi connectivity index (χ4v) is 3.89. The predicted molar refractivity (Wildman–Crippen MR) is 94.1 cm³/mol. The van der Waals surface area contributed by atoms with Crippen molar-refractivity contribution in [3.8, 4) is 5.75 Å². The molecule has 1 aliphatic rings. The lowest BCUT2D eigenvalue weighted by atomic mass is 9.93. The number of hydrogen-bond acceptors (Lipinski definition) is 4. The van der Waals surface area contributed by atoms with E-state index in [4.69, 9.17) is 10.5 Å². The van der Waals surface area contributed by atoms with E-state index in [1.165, 1.54) is 10.6 Å². The van der Waals surface area contributed by atoms with Crippen molar-refractivity contribution in [2.45, 2.75) is 31.7 Å². The molecule has 0 amide bonds. The van der Waals surface area contributed by atoms with Crippen LogP contribution in [0.2, 0.25) is 0 Å². The topological polar surface area (TPSA) is 38.5 Å². The zero-order chi connectivity index (χ0) is 15.4. The van der Waals surface area contributed by atoms with E-state index >= 15 is 0 Å². The predicted octanol–water partition coefficient (Wildman–Crippen LogP) is 3.86. The summed E-state index contributed by atoms with van der Waals surface area (Å²) in [6, 6.07) is 13.0. The highest BCUT2D eigenvalue weighted by molar-refractivity contribution is 7.10. The Bertz CT molecular complexity index is 567. The average Bonchev–Trinajstić information content (AvgIpc) is 3.07. The van der Waals surface area contributed by atoms with Crippen molar-refractivity contribution in [2.75, 3.05) is 24.6 Å². The molecule has 0 bridgehead atoms. The molecule has 2 unspecified atom stereocenters. The molecule has 1 aromatic carbocycles. The average molecular weight is 316 g/mol. The summed E-state index contributed by atoms with van der Waals surface area (Å²) in [6.07, 6.45) is 2.11. The first-order valence-corrected chi connectivity index (χ1v) is 8.91. The van der Waals surface area contributed by atoms with Crippen LogP contribution in [-0.2, 0) is 0 Å². The Balaban J connectivity index is 1.70. The number of nitrogens with zero attached hydrogens (tertiary/aromatic N) is 1. The second kappa shape index (κ2) is 7.16. The maximum atomic E-state index is 6.29. The van der Waals surface area contributed by atoms with Crippen molar-refractivity contribution < 1.29 is 4.74 Å². The SMILES string of the molecule is CCCOc1ccc(N2CC(N)CC(c3cccs3)C2)cc1. The van der Waals surface area contributed by atoms with Gasteiger partial charge in [0, 0.05) is 35.6 Å². The van der Waals surface area contributed by atoms with Gasteiger partial charge in [-0.05, 0) is 48.6 Å². The van der Waals surface area contributed by atoms with E-state index < -0.39 is 0 Å². The number of piperidine rings is 1. The molecule has 0 aliphatic carbocycles. The van der Waals surface area contributed by atoms with Gasteiger partial charge in [0.1, 0.15) is 5.75 Å². The molecule has 1 aromatic heterocycles. The number of rotatable bonds is 5. The van der Waals surface area contributed by atoms with Crippen LogP contribution in [0.3, 0.4) is 0 Å². The molecule has 2 heterocycles. The van der Waals surface area contributed by atoms with Gasteiger partial charge < -0.3 is 15.4 Å². The lowest BCUT2D eigenvalue weighted by Crippen LogP contribution is -2.46. The van der Waals surface area contributed by atoms with Crippen molar-refractivity contribution in [1.29, 1.82) is 0 Å². The standard InChI is InChI=1S/C18H24N2OS/c1-2-9-21-17-7-5-16(6-8-17)20-12-14(11-15(19)13-20)18-4-3-10-22-18/h3-8,10,14-15H,2,9,11-13,19H2,1H3. The summed E-state index contributed by atoms with van der Waals surface area (Å²) in [5.74, 6) is 1.49. The van der Waals surface area contributed by atoms with E-state index in [0.717, 1.165) is 38.3 Å². The molecule has 1 aliphatic heterocycles. The molecule has 4 heteroatoms. The van der Waals surface area contributed by atoms with E-state index in [2.05, 4.69) is 53.6 Å². The summed E-state index contributed by atoms with van der Waals surface area (Å²) < 4.78 is 5.66. The Morgan fingerprint density at radius 3 is 2.73 bits per heavy atom. The highest BCUT2D eigenvalue weighted by Gasteiger charge is 2.26. The molecule has 2 N–H and O–H groups in total. The molecule has 3 nitrogen and oxygen atoms in total. The summed E-state index contributed by atoms with van der Waals surface area (Å²) in [6.45, 7) is 4.86. The van der Waals surface area contributed by atoms with Crippen LogP contribution in [-0.4, -0.2) is 25.7 Å². The second-order valence-corrected chi connectivity index (χ2v) is 6.93. The van der Waals surface area contributed by atoms with Crippen LogP contribution in [0.15, 0.2) is 41.8 Å². The molecule has 1 fully saturated rings. The molecule has 1 saturated heterocycles. The van der Waals surface area contributed by atoms with Gasteiger partial charge in [-0.15, -0.1) is 11.3 Å². The Morgan fingerprint density at radius 1 is 1.23 bits per heavy atom. The first kappa shape index (κ1) is 15.4. The van der Waals surface area contributed by atoms with Crippen LogP contribution >= 0.6 is 11.3 Å². The van der Waals surface area contributed by atoms with Crippen LogP contribution < -0.4 is 15.4 Å². The highest BCUT2D eigenvalue weighted by Crippen LogP contribution is 2.32. The zero-order valence-electron chi connectivity index (χ0n) is 13.1. The lowest BCUT2D eigenvalue weighted by molar-refractivity contribution is 0.317. The zero-order valence-corrected chi connectivity index (χ0v) is 13.9. The fourth-order valence-electron chi connectivity index (χ4n) is 3.05. The van der Waals surface area contributed by atoms with Crippen molar-refractivity contribution in [3.05, 3.63) is 46.7 Å². The number of ether oxygens (including phenoxy) is 1. The largest absolute Gasteiger partial charge is 0.494 e. The Labute approximate surface area is 136 Å². The smallest absolute Gasteiger partial charge is 0.119 e. The summed E-state index contributed by atoms with van der Waals surface area (Å²) >= 11 is 1.84. The Morgan fingerprint density at radius 2 is 2.05 bits per heavy atom. The summed E-state index contributed by atoms with van der Waals surface area (Å²) in [4.78, 5) is 3.85. The van der Waals surface area contributed by atoms with Crippen LogP contribution in [0.25, 0.3) is 0 Å². The molecule has 0 saturated carbocycles. The van der Waals surface area contributed by atoms with Crippen molar-refractivity contribution >= 4 is 17.0 Å². The minimum atomic E-state index is 0.233. The normalized spacial score (nSPS) is 21.8. The van der Waals surface area contributed by atoms with Crippen molar-refractivity contribution in [3.63, 3.8) is 0 Å². The van der Waals surface area contributed by atoms with Crippen molar-refractivity contribution in [1.82, 2.24) is 0 Å². The number of nitrogens with two attached hydrogens (primary N) is 1. The van der Waals surface area contributed by atoms with E-state index in [9.17, 15) is 0 Å². The number of thiophene rings is 1. The van der Waals surface area contributed by atoms with E-state index in [1.807, 2.05) is 11.3 Å². The minimum Gasteiger partial charge on any atom is -0.494 e. The van der Waals surface area contributed by atoms with Crippen molar-refractivity contribution in [2.24, 2.45) is 5.73 Å². The van der Waals surface area contributed by atoms with Gasteiger partial charge in [-0.1, -0.05) is 13.0 Å². The van der Waals surface area contributed by atoms with E-state index in [-0.39, 0.29) is 6.04 Å². The van der Waals surface area contributed by atoms with E-state index in [0.29, 0.717) is 5.92 Å². The first-order valence-electron chi connectivity index (χ1n) is 8.03. The molecule has 2 aromatic rings. The quantitative estimate of drug-likeness (QED) is 0.910. The van der Waals surface area contributed by atoms with Crippen LogP contribution in [0.5, 0.6) is 5.75 Å². The molecule has 118 valence electrons. The van der Waals surface area contributed by atoms with Gasteiger partial charge in [0.2, 0.25) is 0 Å². The second-order valence-electron chi connectivity index (χ2n) is 5.96. The molecular weight excluding hydrogens is 292 g/mol. The molecule has 0 spiro atoms. The maximum Gasteiger partial charge on any atom is 0.119 e. The fraction of sp³-hybridized carbons (Fsp3) is 0.444. The molecule has 3 rings (SSSR count). The number of hydrogen-bond donors (Lipinski definition) is 1. The van der Waals surface area contributed by atoms with Crippen LogP contribution in [0, 0.1) is 0 Å². The third-order valence-corrected chi connectivity index (χ3v) is 5.14. The van der Waals surface area contributed by atoms with Gasteiger partial charge in [0.05, 0.1) is 6.61 Å². The molecule has 0 radical (unpaired) electrons. The molecule has 2 atom stereocenters. The van der Waals surface area contributed by atoms with Gasteiger partial charge in [0.15, 0.2) is 0 Å². The van der Waals surface area contributed by atoms with Gasteiger partial charge in [-0.3, -0.25) is 0 Å². The minimum absolute atomic E-state index is 0.233. The number of benzene rings is 1. The highest BCUT2D eigenvalue weighted by atomic mass is 32.1. The summed E-state index contributed by atoms with van der Waals surface area (Å²) in [5, 5.41) is 2.15. The first-order chi connectivity index (χ1) is 10.8. The number of anilines is 1. The third kappa shape index (κ3) is 3.62. The van der Waals surface area contributed by atoms with Gasteiger partial charge >= 0.3 is 0 Å². The van der Waals surface area contributed by atoms with Gasteiger partial charge in [-0.25, -0.2) is 0 Å². The summed E-state index contributed by atoms with van der Waals surface area (Å²) in [7, 11) is 0. The monoisotopic (exact) mass is 316 g/mol. The Hall–Kier alpha value is -1.52. The Kier molecular flexibility index (Phi) is 5.01. The van der Waals surface area contributed by atoms with Gasteiger partial charge in [0.25, 0.3) is 0 Å².